The number of nitrogens with two attached hydrogens (primary N) is 1. The molecule has 1 aromatic carbocycles. The molecule has 2 aromatic rings. The molecule has 8 heteroatoms. The highest BCUT2D eigenvalue weighted by Gasteiger charge is 2.55. The molecule has 1 aromatic heterocycles. The van der Waals surface area contributed by atoms with Gasteiger partial charge >= 0.3 is 0 Å². The lowest BCUT2D eigenvalue weighted by Gasteiger charge is -2.37. The molecule has 4 rings (SSSR count). The van der Waals surface area contributed by atoms with Crippen LogP contribution in [0.5, 0.6) is 0 Å². The Labute approximate surface area is 163 Å². The highest BCUT2D eigenvalue weighted by atomic mass is 19.1. The first-order valence-corrected chi connectivity index (χ1v) is 9.33. The van der Waals surface area contributed by atoms with E-state index in [1.165, 1.54) is 4.90 Å². The van der Waals surface area contributed by atoms with Crippen LogP contribution in [0.25, 0.3) is 0 Å². The number of amides is 1. The first kappa shape index (κ1) is 18.3. The minimum Gasteiger partial charge on any atom is -0.369 e. The maximum absolute atomic E-state index is 14.2. The van der Waals surface area contributed by atoms with E-state index < -0.39 is 11.5 Å². The van der Waals surface area contributed by atoms with Gasteiger partial charge in [-0.3, -0.25) is 9.69 Å². The number of aliphatic imine (C=N–C) groups is 1. The maximum Gasteiger partial charge on any atom is 0.236 e. The van der Waals surface area contributed by atoms with Crippen molar-refractivity contribution >= 4 is 17.8 Å². The van der Waals surface area contributed by atoms with Crippen molar-refractivity contribution in [3.8, 4) is 0 Å². The molecule has 0 bridgehead atoms. The Hall–Kier alpha value is -3.03. The van der Waals surface area contributed by atoms with Gasteiger partial charge in [-0.15, -0.1) is 0 Å². The van der Waals surface area contributed by atoms with E-state index in [2.05, 4.69) is 9.97 Å². The molecule has 0 spiro atoms. The van der Waals surface area contributed by atoms with Crippen molar-refractivity contribution in [2.24, 2.45) is 16.6 Å². The van der Waals surface area contributed by atoms with Crippen molar-refractivity contribution in [1.82, 2.24) is 14.9 Å². The number of aryl methyl sites for hydroxylation is 2. The Balaban J connectivity index is 1.83. The third-order valence-electron chi connectivity index (χ3n) is 5.66. The van der Waals surface area contributed by atoms with Crippen LogP contribution < -0.4 is 10.6 Å². The zero-order chi connectivity index (χ0) is 20.1. The van der Waals surface area contributed by atoms with Crippen molar-refractivity contribution in [3.05, 3.63) is 53.1 Å². The molecule has 1 saturated heterocycles. The standard InChI is InChI=1S/C20H23FN6O/c1-4-15-16(21)12(2)23-19(24-15)27-10-14-17(28)26(3)18(22)25-20(14,11-27)13-8-6-5-7-9-13/h5-9,14H,4,10-11H2,1-3H3,(H2,22,25)/t14-,20+/m0/s1. The zero-order valence-electron chi connectivity index (χ0n) is 16.2. The van der Waals surface area contributed by atoms with E-state index in [4.69, 9.17) is 10.7 Å². The molecule has 2 aliphatic heterocycles. The minimum atomic E-state index is -0.813. The summed E-state index contributed by atoms with van der Waals surface area (Å²) in [6.07, 6.45) is 0.468. The lowest BCUT2D eigenvalue weighted by Crippen LogP contribution is -2.54. The van der Waals surface area contributed by atoms with Gasteiger partial charge in [0.2, 0.25) is 11.9 Å². The Kier molecular flexibility index (Phi) is 4.28. The fourth-order valence-corrected chi connectivity index (χ4v) is 4.07. The van der Waals surface area contributed by atoms with Gasteiger partial charge in [-0.2, -0.15) is 0 Å². The molecule has 1 amide bonds. The normalized spacial score (nSPS) is 24.4. The Morgan fingerprint density at radius 2 is 2.00 bits per heavy atom. The number of halogens is 1. The Morgan fingerprint density at radius 3 is 2.68 bits per heavy atom. The van der Waals surface area contributed by atoms with E-state index in [9.17, 15) is 9.18 Å². The summed E-state index contributed by atoms with van der Waals surface area (Å²) < 4.78 is 14.2. The van der Waals surface area contributed by atoms with Gasteiger partial charge in [0.15, 0.2) is 11.8 Å². The molecular formula is C20H23FN6O. The second-order valence-electron chi connectivity index (χ2n) is 7.31. The molecule has 0 saturated carbocycles. The fourth-order valence-electron chi connectivity index (χ4n) is 4.07. The minimum absolute atomic E-state index is 0.0894. The van der Waals surface area contributed by atoms with Gasteiger partial charge in [0, 0.05) is 13.6 Å². The van der Waals surface area contributed by atoms with Crippen LogP contribution in [0.3, 0.4) is 0 Å². The van der Waals surface area contributed by atoms with Gasteiger partial charge in [0.05, 0.1) is 23.9 Å². The van der Waals surface area contributed by atoms with Crippen molar-refractivity contribution in [2.45, 2.75) is 25.8 Å². The van der Waals surface area contributed by atoms with Crippen LogP contribution in [0, 0.1) is 18.7 Å². The van der Waals surface area contributed by atoms with Crippen LogP contribution in [0.1, 0.15) is 23.9 Å². The second-order valence-corrected chi connectivity index (χ2v) is 7.31. The molecule has 0 unspecified atom stereocenters. The fraction of sp³-hybridized carbons (Fsp3) is 0.400. The van der Waals surface area contributed by atoms with Crippen LogP contribution >= 0.6 is 0 Å². The van der Waals surface area contributed by atoms with Crippen molar-refractivity contribution < 1.29 is 9.18 Å². The highest BCUT2D eigenvalue weighted by molar-refractivity contribution is 6.01. The number of carbonyl (C=O) groups is 1. The van der Waals surface area contributed by atoms with Crippen LogP contribution in [0.4, 0.5) is 10.3 Å². The second kappa shape index (κ2) is 6.54. The van der Waals surface area contributed by atoms with E-state index in [-0.39, 0.29) is 17.7 Å². The predicted molar refractivity (Wildman–Crippen MR) is 104 cm³/mol. The first-order chi connectivity index (χ1) is 13.4. The molecule has 1 fully saturated rings. The smallest absolute Gasteiger partial charge is 0.236 e. The van der Waals surface area contributed by atoms with Gasteiger partial charge in [0.1, 0.15) is 5.54 Å². The van der Waals surface area contributed by atoms with Gasteiger partial charge < -0.3 is 10.6 Å². The third-order valence-corrected chi connectivity index (χ3v) is 5.66. The van der Waals surface area contributed by atoms with E-state index in [1.807, 2.05) is 42.2 Å². The van der Waals surface area contributed by atoms with Crippen LogP contribution in [-0.4, -0.2) is 46.9 Å². The number of carbonyl (C=O) groups excluding carboxylic acids is 1. The number of guanidine groups is 1. The summed E-state index contributed by atoms with van der Waals surface area (Å²) in [6, 6.07) is 9.68. The summed E-state index contributed by atoms with van der Waals surface area (Å²) in [4.78, 5) is 29.9. The number of benzene rings is 1. The molecule has 7 nitrogen and oxygen atoms in total. The number of rotatable bonds is 3. The molecule has 2 N–H and O–H groups in total. The molecule has 2 atom stereocenters. The summed E-state index contributed by atoms with van der Waals surface area (Å²) in [5.41, 5.74) is 6.86. The van der Waals surface area contributed by atoms with E-state index in [0.29, 0.717) is 36.8 Å². The Bertz CT molecular complexity index is 963. The number of hydrogen-bond acceptors (Lipinski definition) is 6. The van der Waals surface area contributed by atoms with E-state index in [0.717, 1.165) is 5.56 Å². The topological polar surface area (TPSA) is 87.7 Å². The molecule has 146 valence electrons. The average Bonchev–Trinajstić information content (AvgIpc) is 3.10. The molecule has 3 heterocycles. The summed E-state index contributed by atoms with van der Waals surface area (Å²) in [5.74, 6) is -0.277. The summed E-state index contributed by atoms with van der Waals surface area (Å²) >= 11 is 0. The molecule has 28 heavy (non-hydrogen) atoms. The van der Waals surface area contributed by atoms with Crippen LogP contribution in [-0.2, 0) is 16.8 Å². The predicted octanol–water partition coefficient (Wildman–Crippen LogP) is 1.60. The number of hydrogen-bond donors (Lipinski definition) is 1. The number of nitrogens with zero attached hydrogens (tertiary/aromatic N) is 5. The van der Waals surface area contributed by atoms with Crippen LogP contribution in [0.15, 0.2) is 35.3 Å². The largest absolute Gasteiger partial charge is 0.369 e. The number of anilines is 1. The summed E-state index contributed by atoms with van der Waals surface area (Å²) in [6.45, 7) is 4.28. The number of aromatic nitrogens is 2. The lowest BCUT2D eigenvalue weighted by molar-refractivity contribution is -0.132. The zero-order valence-corrected chi connectivity index (χ0v) is 16.2. The molecule has 0 radical (unpaired) electrons. The quantitative estimate of drug-likeness (QED) is 0.871. The van der Waals surface area contributed by atoms with Crippen molar-refractivity contribution in [2.75, 3.05) is 25.0 Å². The van der Waals surface area contributed by atoms with E-state index >= 15 is 0 Å². The van der Waals surface area contributed by atoms with Crippen molar-refractivity contribution in [1.29, 1.82) is 0 Å². The van der Waals surface area contributed by atoms with Gasteiger partial charge in [-0.05, 0) is 18.9 Å². The summed E-state index contributed by atoms with van der Waals surface area (Å²) in [7, 11) is 1.63. The maximum atomic E-state index is 14.2. The van der Waals surface area contributed by atoms with E-state index in [1.54, 1.807) is 14.0 Å². The van der Waals surface area contributed by atoms with Crippen molar-refractivity contribution in [3.63, 3.8) is 0 Å². The van der Waals surface area contributed by atoms with Gasteiger partial charge in [0.25, 0.3) is 0 Å². The molecular weight excluding hydrogens is 359 g/mol. The van der Waals surface area contributed by atoms with Crippen LogP contribution in [0.2, 0.25) is 0 Å². The van der Waals surface area contributed by atoms with Gasteiger partial charge in [-0.1, -0.05) is 37.3 Å². The first-order valence-electron chi connectivity index (χ1n) is 9.33. The molecule has 0 aliphatic carbocycles. The Morgan fingerprint density at radius 1 is 1.29 bits per heavy atom. The SMILES string of the molecule is CCc1nc(N2C[C@H]3C(=O)N(C)C(N)=N[C@@]3(c3ccccc3)C2)nc(C)c1F. The number of fused-ring (bicyclic) bond motifs is 1. The monoisotopic (exact) mass is 382 g/mol. The third kappa shape index (κ3) is 2.63. The average molecular weight is 382 g/mol. The highest BCUT2D eigenvalue weighted by Crippen LogP contribution is 2.44. The summed E-state index contributed by atoms with van der Waals surface area (Å²) in [5, 5.41) is 0. The lowest BCUT2D eigenvalue weighted by atomic mass is 9.79. The molecule has 2 aliphatic rings. The van der Waals surface area contributed by atoms with Gasteiger partial charge in [-0.25, -0.2) is 19.4 Å².